The van der Waals surface area contributed by atoms with Crippen molar-refractivity contribution in [1.29, 1.82) is 0 Å². The van der Waals surface area contributed by atoms with Crippen LogP contribution in [0.1, 0.15) is 19.4 Å². The van der Waals surface area contributed by atoms with Gasteiger partial charge in [-0.15, -0.1) is 0 Å². The summed E-state index contributed by atoms with van der Waals surface area (Å²) in [5.74, 6) is -0.346. The number of fused-ring (bicyclic) bond motifs is 1. The van der Waals surface area contributed by atoms with Crippen LogP contribution in [0.2, 0.25) is 5.02 Å². The number of carbonyl (C=O) groups excluding carboxylic acids is 1. The van der Waals surface area contributed by atoms with Gasteiger partial charge in [-0.1, -0.05) is 55.4 Å². The summed E-state index contributed by atoms with van der Waals surface area (Å²) in [7, 11) is 0. The van der Waals surface area contributed by atoms with E-state index in [1.54, 1.807) is 22.8 Å². The first-order valence-corrected chi connectivity index (χ1v) is 10.5. The van der Waals surface area contributed by atoms with Crippen LogP contribution < -0.4 is 10.9 Å². The third-order valence-corrected chi connectivity index (χ3v) is 5.45. The summed E-state index contributed by atoms with van der Waals surface area (Å²) in [5.41, 5.74) is 1.21. The predicted octanol–water partition coefficient (Wildman–Crippen LogP) is 4.25. The second kappa shape index (κ2) is 9.41. The Labute approximate surface area is 177 Å². The van der Waals surface area contributed by atoms with Crippen LogP contribution in [0.25, 0.3) is 10.9 Å². The zero-order valence-corrected chi connectivity index (χ0v) is 17.7. The minimum absolute atomic E-state index is 0.0178. The lowest BCUT2D eigenvalue weighted by molar-refractivity contribution is -0.118. The van der Waals surface area contributed by atoms with Gasteiger partial charge in [0, 0.05) is 13.1 Å². The molecule has 152 valence electrons. The number of nitrogens with zero attached hydrogens (tertiary/aromatic N) is 2. The van der Waals surface area contributed by atoms with Crippen LogP contribution in [0, 0.1) is 11.7 Å². The highest BCUT2D eigenvalue weighted by Crippen LogP contribution is 2.19. The number of rotatable bonds is 7. The number of aromatic nitrogens is 2. The minimum atomic E-state index is -0.497. The quantitative estimate of drug-likeness (QED) is 0.447. The third kappa shape index (κ3) is 5.36. The molecule has 3 rings (SSSR count). The van der Waals surface area contributed by atoms with Crippen molar-refractivity contribution in [3.05, 3.63) is 69.2 Å². The Hall–Kier alpha value is -2.38. The number of thioether (sulfide) groups is 1. The molecule has 0 unspecified atom stereocenters. The summed E-state index contributed by atoms with van der Waals surface area (Å²) in [6.07, 6.45) is 0. The maximum absolute atomic E-state index is 13.2. The molecule has 0 fully saturated rings. The minimum Gasteiger partial charge on any atom is -0.351 e. The van der Waals surface area contributed by atoms with Crippen molar-refractivity contribution in [1.82, 2.24) is 14.9 Å². The lowest BCUT2D eigenvalue weighted by atomic mass is 10.2. The van der Waals surface area contributed by atoms with E-state index >= 15 is 0 Å². The average molecular weight is 434 g/mol. The van der Waals surface area contributed by atoms with E-state index in [0.717, 1.165) is 0 Å². The van der Waals surface area contributed by atoms with Gasteiger partial charge in [0.05, 0.1) is 21.7 Å². The highest BCUT2D eigenvalue weighted by Gasteiger charge is 2.14. The SMILES string of the molecule is CC(C)Cn1c(SCC(=O)NCc2ccc(F)c(Cl)c2)nc2ccccc2c1=O. The highest BCUT2D eigenvalue weighted by molar-refractivity contribution is 7.99. The topological polar surface area (TPSA) is 64.0 Å². The Kier molecular flexibility index (Phi) is 6.92. The molecule has 0 bridgehead atoms. The Morgan fingerprint density at radius 1 is 1.28 bits per heavy atom. The van der Waals surface area contributed by atoms with E-state index in [1.165, 1.54) is 23.9 Å². The first-order chi connectivity index (χ1) is 13.8. The Balaban J connectivity index is 1.72. The van der Waals surface area contributed by atoms with Gasteiger partial charge < -0.3 is 5.32 Å². The summed E-state index contributed by atoms with van der Waals surface area (Å²) in [4.78, 5) is 29.7. The Morgan fingerprint density at radius 2 is 2.03 bits per heavy atom. The summed E-state index contributed by atoms with van der Waals surface area (Å²) < 4.78 is 14.9. The molecule has 0 saturated carbocycles. The Bertz CT molecular complexity index is 1100. The predicted molar refractivity (Wildman–Crippen MR) is 115 cm³/mol. The number of para-hydroxylation sites is 1. The van der Waals surface area contributed by atoms with E-state index in [9.17, 15) is 14.0 Å². The van der Waals surface area contributed by atoms with Gasteiger partial charge in [0.15, 0.2) is 5.16 Å². The molecule has 1 N–H and O–H groups in total. The van der Waals surface area contributed by atoms with Gasteiger partial charge in [-0.3, -0.25) is 14.2 Å². The molecule has 1 amide bonds. The number of nitrogens with one attached hydrogen (secondary N) is 1. The number of carbonyl (C=O) groups is 1. The van der Waals surface area contributed by atoms with Crippen LogP contribution in [-0.2, 0) is 17.9 Å². The van der Waals surface area contributed by atoms with Gasteiger partial charge in [-0.25, -0.2) is 9.37 Å². The zero-order valence-electron chi connectivity index (χ0n) is 16.1. The van der Waals surface area contributed by atoms with Crippen LogP contribution in [0.15, 0.2) is 52.4 Å². The van der Waals surface area contributed by atoms with Gasteiger partial charge in [0.1, 0.15) is 5.82 Å². The Morgan fingerprint density at radius 3 is 2.76 bits per heavy atom. The molecule has 29 heavy (non-hydrogen) atoms. The van der Waals surface area contributed by atoms with Crippen LogP contribution in [0.3, 0.4) is 0 Å². The van der Waals surface area contributed by atoms with Crippen molar-refractivity contribution in [3.8, 4) is 0 Å². The highest BCUT2D eigenvalue weighted by atomic mass is 35.5. The number of hydrogen-bond acceptors (Lipinski definition) is 4. The van der Waals surface area contributed by atoms with E-state index in [4.69, 9.17) is 11.6 Å². The van der Waals surface area contributed by atoms with Crippen molar-refractivity contribution in [2.45, 2.75) is 32.1 Å². The van der Waals surface area contributed by atoms with Crippen molar-refractivity contribution in [2.75, 3.05) is 5.75 Å². The lowest BCUT2D eigenvalue weighted by Crippen LogP contribution is -2.27. The molecule has 1 heterocycles. The fourth-order valence-electron chi connectivity index (χ4n) is 2.82. The molecule has 2 aromatic carbocycles. The largest absolute Gasteiger partial charge is 0.351 e. The van der Waals surface area contributed by atoms with E-state index < -0.39 is 5.82 Å². The van der Waals surface area contributed by atoms with Crippen molar-refractivity contribution < 1.29 is 9.18 Å². The molecule has 0 aliphatic carbocycles. The number of hydrogen-bond donors (Lipinski definition) is 1. The number of halogens is 2. The molecular weight excluding hydrogens is 413 g/mol. The van der Waals surface area contributed by atoms with E-state index in [0.29, 0.717) is 28.2 Å². The van der Waals surface area contributed by atoms with Gasteiger partial charge >= 0.3 is 0 Å². The van der Waals surface area contributed by atoms with Gasteiger partial charge in [0.25, 0.3) is 5.56 Å². The van der Waals surface area contributed by atoms with Gasteiger partial charge in [-0.05, 0) is 35.7 Å². The molecule has 0 atom stereocenters. The van der Waals surface area contributed by atoms with Crippen molar-refractivity contribution in [2.24, 2.45) is 5.92 Å². The second-order valence-electron chi connectivity index (χ2n) is 7.03. The summed E-state index contributed by atoms with van der Waals surface area (Å²) in [5, 5.41) is 3.87. The monoisotopic (exact) mass is 433 g/mol. The standard InChI is InChI=1S/C21H21ClFN3O2S/c1-13(2)11-26-20(28)15-5-3-4-6-18(15)25-21(26)29-12-19(27)24-10-14-7-8-17(23)16(22)9-14/h3-9,13H,10-12H2,1-2H3,(H,24,27). The zero-order chi connectivity index (χ0) is 21.0. The molecule has 0 aliphatic heterocycles. The molecular formula is C21H21ClFN3O2S. The third-order valence-electron chi connectivity index (χ3n) is 4.18. The molecule has 0 spiro atoms. The summed E-state index contributed by atoms with van der Waals surface area (Å²) in [6.45, 7) is 4.81. The molecule has 0 saturated heterocycles. The molecule has 8 heteroatoms. The fourth-order valence-corrected chi connectivity index (χ4v) is 3.86. The normalized spacial score (nSPS) is 11.2. The van der Waals surface area contributed by atoms with Crippen LogP contribution >= 0.6 is 23.4 Å². The fraction of sp³-hybridized carbons (Fsp3) is 0.286. The van der Waals surface area contributed by atoms with Gasteiger partial charge in [-0.2, -0.15) is 0 Å². The summed E-state index contributed by atoms with van der Waals surface area (Å²) in [6, 6.07) is 11.5. The lowest BCUT2D eigenvalue weighted by Gasteiger charge is -2.15. The number of amides is 1. The molecule has 1 aromatic heterocycles. The molecule has 3 aromatic rings. The van der Waals surface area contributed by atoms with E-state index in [-0.39, 0.29) is 34.7 Å². The number of benzene rings is 2. The maximum atomic E-state index is 13.2. The van der Waals surface area contributed by atoms with E-state index in [1.807, 2.05) is 26.0 Å². The summed E-state index contributed by atoms with van der Waals surface area (Å²) >= 11 is 6.98. The molecule has 0 radical (unpaired) electrons. The van der Waals surface area contributed by atoms with Crippen molar-refractivity contribution in [3.63, 3.8) is 0 Å². The maximum Gasteiger partial charge on any atom is 0.262 e. The second-order valence-corrected chi connectivity index (χ2v) is 8.38. The van der Waals surface area contributed by atoms with Crippen LogP contribution in [-0.4, -0.2) is 21.2 Å². The van der Waals surface area contributed by atoms with E-state index in [2.05, 4.69) is 10.3 Å². The molecule has 0 aliphatic rings. The first-order valence-electron chi connectivity index (χ1n) is 9.18. The van der Waals surface area contributed by atoms with Crippen LogP contribution in [0.4, 0.5) is 4.39 Å². The van der Waals surface area contributed by atoms with Gasteiger partial charge in [0.2, 0.25) is 5.91 Å². The first kappa shape index (κ1) is 21.3. The molecule has 5 nitrogen and oxygen atoms in total. The van der Waals surface area contributed by atoms with Crippen LogP contribution in [0.5, 0.6) is 0 Å². The van der Waals surface area contributed by atoms with Crippen molar-refractivity contribution >= 4 is 40.2 Å². The average Bonchev–Trinajstić information content (AvgIpc) is 2.69. The smallest absolute Gasteiger partial charge is 0.262 e.